The Labute approximate surface area is 262 Å². The maximum absolute atomic E-state index is 11.7. The number of allylic oxidation sites excluding steroid dienone is 2. The first-order valence-electron chi connectivity index (χ1n) is 16.9. The highest BCUT2D eigenvalue weighted by atomic mass is 16.7. The van der Waals surface area contributed by atoms with Crippen LogP contribution in [0.5, 0.6) is 0 Å². The van der Waals surface area contributed by atoms with Gasteiger partial charge in [-0.05, 0) is 101 Å². The van der Waals surface area contributed by atoms with Crippen molar-refractivity contribution in [1.82, 2.24) is 4.98 Å². The van der Waals surface area contributed by atoms with Gasteiger partial charge >= 0.3 is 0 Å². The lowest BCUT2D eigenvalue weighted by Gasteiger charge is -2.60. The fraction of sp³-hybridized carbons (Fsp3) is 0.590. The van der Waals surface area contributed by atoms with Crippen LogP contribution in [0.4, 0.5) is 0 Å². The molecule has 2 saturated carbocycles. The van der Waals surface area contributed by atoms with Crippen LogP contribution in [0, 0.1) is 11.3 Å². The van der Waals surface area contributed by atoms with Crippen molar-refractivity contribution in [3.8, 4) is 0 Å². The van der Waals surface area contributed by atoms with Gasteiger partial charge in [-0.2, -0.15) is 0 Å². The smallest absolute Gasteiger partial charge is 0.127 e. The Morgan fingerprint density at radius 2 is 1.86 bits per heavy atom. The maximum Gasteiger partial charge on any atom is 0.127 e. The highest BCUT2D eigenvalue weighted by Gasteiger charge is 2.87. The summed E-state index contributed by atoms with van der Waals surface area (Å²) in [5.74, 6) is 0.593. The van der Waals surface area contributed by atoms with Crippen LogP contribution in [-0.2, 0) is 39.1 Å². The third-order valence-corrected chi connectivity index (χ3v) is 13.1. The van der Waals surface area contributed by atoms with Crippen LogP contribution in [0.3, 0.4) is 0 Å². The van der Waals surface area contributed by atoms with Crippen LogP contribution in [0.2, 0.25) is 0 Å². The van der Waals surface area contributed by atoms with Gasteiger partial charge in [-0.3, -0.25) is 0 Å². The minimum atomic E-state index is -0.643. The second kappa shape index (κ2) is 9.54. The zero-order chi connectivity index (χ0) is 30.7. The van der Waals surface area contributed by atoms with E-state index in [0.717, 1.165) is 44.1 Å². The molecule has 3 aromatic rings. The predicted molar refractivity (Wildman–Crippen MR) is 174 cm³/mol. The molecule has 2 saturated heterocycles. The van der Waals surface area contributed by atoms with Crippen molar-refractivity contribution in [3.63, 3.8) is 0 Å². The first-order chi connectivity index (χ1) is 20.9. The van der Waals surface area contributed by atoms with Crippen LogP contribution in [0.15, 0.2) is 60.2 Å². The molecule has 44 heavy (non-hydrogen) atoms. The molecule has 0 radical (unpaired) electrons. The molecular formula is C39H49NO4. The van der Waals surface area contributed by atoms with Gasteiger partial charge < -0.3 is 24.3 Å². The Morgan fingerprint density at radius 1 is 1.07 bits per heavy atom. The van der Waals surface area contributed by atoms with E-state index in [1.165, 1.54) is 33.3 Å². The second-order valence-electron chi connectivity index (χ2n) is 15.9. The lowest BCUT2D eigenvalue weighted by atomic mass is 9.43. The summed E-state index contributed by atoms with van der Waals surface area (Å²) in [4.78, 5) is 3.97. The minimum absolute atomic E-state index is 0.0198. The number of hydrogen-bond acceptors (Lipinski definition) is 4. The molecule has 3 aliphatic carbocycles. The molecule has 2 aromatic carbocycles. The van der Waals surface area contributed by atoms with Crippen LogP contribution in [-0.4, -0.2) is 45.2 Å². The molecule has 8 atom stereocenters. The van der Waals surface area contributed by atoms with Crippen molar-refractivity contribution < 1.29 is 19.3 Å². The fourth-order valence-corrected chi connectivity index (χ4v) is 10.6. The average molecular weight is 596 g/mol. The average Bonchev–Trinajstić information content (AvgIpc) is 3.37. The van der Waals surface area contributed by atoms with Crippen molar-refractivity contribution >= 4 is 10.9 Å². The summed E-state index contributed by atoms with van der Waals surface area (Å²) in [7, 11) is 0. The third kappa shape index (κ3) is 3.73. The zero-order valence-corrected chi connectivity index (χ0v) is 27.3. The number of hydrogen-bond donors (Lipinski definition) is 2. The molecule has 2 N–H and O–H groups in total. The molecule has 2 spiro atoms. The van der Waals surface area contributed by atoms with E-state index in [1.54, 1.807) is 0 Å². The van der Waals surface area contributed by atoms with E-state index in [0.29, 0.717) is 18.9 Å². The quantitative estimate of drug-likeness (QED) is 0.226. The molecule has 3 heterocycles. The van der Waals surface area contributed by atoms with Crippen molar-refractivity contribution in [2.24, 2.45) is 11.3 Å². The highest BCUT2D eigenvalue weighted by molar-refractivity contribution is 5.87. The number of H-pyrrole nitrogens is 1. The summed E-state index contributed by atoms with van der Waals surface area (Å²) in [6.45, 7) is 14.0. The molecule has 0 amide bonds. The van der Waals surface area contributed by atoms with Gasteiger partial charge in [0.1, 0.15) is 17.3 Å². The van der Waals surface area contributed by atoms with Crippen molar-refractivity contribution in [2.45, 2.75) is 134 Å². The van der Waals surface area contributed by atoms with Crippen molar-refractivity contribution in [2.75, 3.05) is 0 Å². The summed E-state index contributed by atoms with van der Waals surface area (Å²) in [6.07, 6.45) is 8.18. The lowest BCUT2D eigenvalue weighted by Crippen LogP contribution is -2.68. The first-order valence-corrected chi connectivity index (χ1v) is 16.9. The summed E-state index contributed by atoms with van der Waals surface area (Å²) in [5.41, 5.74) is 6.70. The Balaban J connectivity index is 1.09. The van der Waals surface area contributed by atoms with Gasteiger partial charge in [0.05, 0.1) is 24.4 Å². The van der Waals surface area contributed by atoms with Crippen LogP contribution in [0.1, 0.15) is 96.0 Å². The van der Waals surface area contributed by atoms with Gasteiger partial charge in [0.2, 0.25) is 0 Å². The van der Waals surface area contributed by atoms with E-state index in [-0.39, 0.29) is 22.5 Å². The number of benzene rings is 2. The summed E-state index contributed by atoms with van der Waals surface area (Å²) < 4.78 is 20.4. The Hall–Kier alpha value is -2.44. The van der Waals surface area contributed by atoms with Gasteiger partial charge in [0.25, 0.3) is 0 Å². The number of epoxide rings is 1. The largest absolute Gasteiger partial charge is 0.390 e. The van der Waals surface area contributed by atoms with Gasteiger partial charge in [0.15, 0.2) is 0 Å². The van der Waals surface area contributed by atoms with Gasteiger partial charge in [-0.1, -0.05) is 61.9 Å². The van der Waals surface area contributed by atoms with Gasteiger partial charge in [0, 0.05) is 33.8 Å². The molecule has 5 nitrogen and oxygen atoms in total. The molecule has 5 heteroatoms. The normalized spacial score (nSPS) is 38.7. The number of aromatic amines is 1. The highest BCUT2D eigenvalue weighted by Crippen LogP contribution is 2.79. The fourth-order valence-electron chi connectivity index (χ4n) is 10.6. The number of rotatable bonds is 6. The molecule has 1 aromatic heterocycles. The van der Waals surface area contributed by atoms with Crippen molar-refractivity contribution in [1.29, 1.82) is 0 Å². The van der Waals surface area contributed by atoms with Gasteiger partial charge in [-0.25, -0.2) is 0 Å². The molecule has 4 fully saturated rings. The second-order valence-corrected chi connectivity index (χ2v) is 15.9. The summed E-state index contributed by atoms with van der Waals surface area (Å²) in [5, 5.41) is 13.1. The van der Waals surface area contributed by atoms with Gasteiger partial charge in [-0.15, -0.1) is 0 Å². The SMILES string of the molecule is CC(C)=CCc1ccc2[nH]c3c(c2c1)C[C@@H]1CC[C@@]24O[C@@]25C[C@@H](O)[C@@H](C(C)(C)OCc2ccccc2)O[C@H]5CC[C@]4(C)[C@@]31C. The molecule has 0 unspecified atom stereocenters. The van der Waals surface area contributed by atoms with E-state index >= 15 is 0 Å². The van der Waals surface area contributed by atoms with Crippen molar-refractivity contribution in [3.05, 3.63) is 82.6 Å². The van der Waals surface area contributed by atoms with Crippen LogP contribution < -0.4 is 0 Å². The molecule has 2 aliphatic heterocycles. The molecular weight excluding hydrogens is 546 g/mol. The summed E-state index contributed by atoms with van der Waals surface area (Å²) >= 11 is 0. The van der Waals surface area contributed by atoms with Crippen LogP contribution >= 0.6 is 0 Å². The van der Waals surface area contributed by atoms with Crippen LogP contribution in [0.25, 0.3) is 10.9 Å². The molecule has 234 valence electrons. The third-order valence-electron chi connectivity index (χ3n) is 13.1. The molecule has 8 rings (SSSR count). The number of aromatic nitrogens is 1. The first kappa shape index (κ1) is 29.0. The van der Waals surface area contributed by atoms with E-state index in [4.69, 9.17) is 14.2 Å². The zero-order valence-electron chi connectivity index (χ0n) is 27.3. The number of aliphatic hydroxyl groups excluding tert-OH is 1. The predicted octanol–water partition coefficient (Wildman–Crippen LogP) is 7.72. The maximum atomic E-state index is 11.7. The number of fused-ring (bicyclic) bond motifs is 6. The topological polar surface area (TPSA) is 67.0 Å². The number of nitrogens with one attached hydrogen (secondary N) is 1. The van der Waals surface area contributed by atoms with E-state index in [9.17, 15) is 5.11 Å². The molecule has 5 aliphatic rings. The Morgan fingerprint density at radius 3 is 2.64 bits per heavy atom. The number of aliphatic hydroxyl groups is 1. The number of ether oxygens (including phenoxy) is 3. The van der Waals surface area contributed by atoms with E-state index < -0.39 is 23.4 Å². The lowest BCUT2D eigenvalue weighted by molar-refractivity contribution is -0.236. The summed E-state index contributed by atoms with van der Waals surface area (Å²) in [6, 6.07) is 17.2. The minimum Gasteiger partial charge on any atom is -0.390 e. The Kier molecular flexibility index (Phi) is 6.29. The molecule has 0 bridgehead atoms. The monoisotopic (exact) mass is 595 g/mol. The van der Waals surface area contributed by atoms with E-state index in [2.05, 4.69) is 82.9 Å². The standard InChI is InChI=1S/C39H49NO4/c1-24(2)12-13-25-14-15-30-28(20-25)29-21-27-16-19-39-36(5,37(27,6)33(29)40-30)18-17-32-38(39,44-39)22-31(41)34(43-32)35(3,4)42-23-26-10-8-7-9-11-26/h7-12,14-15,20,27,31-32,34,40-41H,13,16-19,21-23H2,1-6H3/t27-,31+,32-,34-,36+,37+,38+,39-/m0/s1. The Bertz CT molecular complexity index is 1640. The van der Waals surface area contributed by atoms with E-state index in [1.807, 2.05) is 18.2 Å².